The highest BCUT2D eigenvalue weighted by Gasteiger charge is 2.38. The molecule has 0 aromatic carbocycles. The van der Waals surface area contributed by atoms with Crippen LogP contribution < -0.4 is 0 Å². The predicted octanol–water partition coefficient (Wildman–Crippen LogP) is -2.16. The van der Waals surface area contributed by atoms with Crippen LogP contribution in [-0.4, -0.2) is 211 Å². The van der Waals surface area contributed by atoms with E-state index in [1.165, 1.54) is 120 Å². The lowest BCUT2D eigenvalue weighted by molar-refractivity contribution is -0.194. The van der Waals surface area contributed by atoms with Gasteiger partial charge in [0, 0.05) is 12.3 Å². The minimum atomic E-state index is -3.90. The Morgan fingerprint density at radius 1 is 0.295 bits per heavy atom. The molecule has 0 amide bonds. The summed E-state index contributed by atoms with van der Waals surface area (Å²) in [7, 11) is -7.80. The molecule has 12 aliphatic rings. The Kier molecular flexibility index (Phi) is 11.1. The van der Waals surface area contributed by atoms with Crippen molar-refractivity contribution in [3.05, 3.63) is 0 Å². The smallest absolute Gasteiger partial charge is 0.324 e. The molecule has 12 fully saturated rings. The number of hydrogen-bond donors (Lipinski definition) is 4. The van der Waals surface area contributed by atoms with Gasteiger partial charge in [0.2, 0.25) is 0 Å². The van der Waals surface area contributed by atoms with E-state index in [0.29, 0.717) is 25.7 Å². The van der Waals surface area contributed by atoms with Gasteiger partial charge in [0.05, 0.1) is 120 Å². The molecule has 12 rings (SSSR count). The van der Waals surface area contributed by atoms with Gasteiger partial charge in [-0.15, -0.1) is 0 Å². The zero-order chi connectivity index (χ0) is 30.9. The van der Waals surface area contributed by atoms with Gasteiger partial charge in [-0.05, 0) is 12.8 Å². The van der Waals surface area contributed by atoms with Crippen molar-refractivity contribution < 1.29 is 28.7 Å². The second kappa shape index (κ2) is 14.5. The number of hydrogen-bond acceptors (Lipinski definition) is 14. The largest absolute Gasteiger partial charge is 0.325 e. The zero-order valence-corrected chi connectivity index (χ0v) is 27.6. The normalized spacial score (nSPS) is 43.5. The van der Waals surface area contributed by atoms with Crippen molar-refractivity contribution >= 4 is 15.2 Å². The van der Waals surface area contributed by atoms with E-state index < -0.39 is 15.2 Å². The number of unbranched alkanes of at least 4 members (excludes halogenated alkanes) is 3. The van der Waals surface area contributed by atoms with Gasteiger partial charge in [0.25, 0.3) is 0 Å². The Labute approximate surface area is 260 Å². The Balaban J connectivity index is 0.000000104. The summed E-state index contributed by atoms with van der Waals surface area (Å²) in [5.74, 6) is 0. The first-order chi connectivity index (χ1) is 20.9. The molecule has 0 aromatic rings. The molecule has 18 nitrogen and oxygen atoms in total. The van der Waals surface area contributed by atoms with Gasteiger partial charge in [-0.1, -0.05) is 12.8 Å². The first kappa shape index (κ1) is 33.7. The summed E-state index contributed by atoms with van der Waals surface area (Å²) in [5, 5.41) is 0. The summed E-state index contributed by atoms with van der Waals surface area (Å²) in [5.41, 5.74) is 0. The fourth-order valence-electron chi connectivity index (χ4n) is 7.69. The quantitative estimate of drug-likeness (QED) is 0.172. The van der Waals surface area contributed by atoms with Gasteiger partial charge in [0.1, 0.15) is 0 Å². The maximum atomic E-state index is 10.4. The van der Waals surface area contributed by atoms with E-state index in [0.717, 1.165) is 0 Å². The predicted molar refractivity (Wildman–Crippen MR) is 162 cm³/mol. The molecule has 0 spiro atoms. The van der Waals surface area contributed by atoms with Gasteiger partial charge < -0.3 is 19.6 Å². The van der Waals surface area contributed by atoms with Crippen LogP contribution in [0.25, 0.3) is 0 Å². The zero-order valence-electron chi connectivity index (χ0n) is 25.8. The maximum Gasteiger partial charge on any atom is 0.325 e. The Morgan fingerprint density at radius 3 is 0.545 bits per heavy atom. The molecule has 12 aliphatic heterocycles. The van der Waals surface area contributed by atoms with Gasteiger partial charge in [0.15, 0.2) is 0 Å². The fraction of sp³-hybridized carbons (Fsp3) is 1.00. The summed E-state index contributed by atoms with van der Waals surface area (Å²) >= 11 is 0. The highest BCUT2D eigenvalue weighted by atomic mass is 31.2. The molecule has 0 atom stereocenters. The van der Waals surface area contributed by atoms with Crippen LogP contribution in [0.3, 0.4) is 0 Å². The van der Waals surface area contributed by atoms with E-state index in [1.54, 1.807) is 0 Å². The summed E-state index contributed by atoms with van der Waals surface area (Å²) in [6, 6.07) is 0. The van der Waals surface area contributed by atoms with E-state index in [-0.39, 0.29) is 12.3 Å². The Bertz CT molecular complexity index is 770. The molecule has 12 heterocycles. The summed E-state index contributed by atoms with van der Waals surface area (Å²) in [6.07, 6.45) is 1.67. The number of rotatable bonds is 7. The van der Waals surface area contributed by atoms with Crippen LogP contribution in [0.5, 0.6) is 0 Å². The van der Waals surface area contributed by atoms with Gasteiger partial charge in [-0.25, -0.2) is 0 Å². The topological polar surface area (TPSA) is 154 Å². The second-order valence-electron chi connectivity index (χ2n) is 13.8. The monoisotopic (exact) mass is 666 g/mol. The van der Waals surface area contributed by atoms with Crippen LogP contribution in [-0.2, 0) is 9.13 Å². The van der Waals surface area contributed by atoms with Crippen molar-refractivity contribution in [1.29, 1.82) is 0 Å². The van der Waals surface area contributed by atoms with Crippen molar-refractivity contribution in [2.75, 3.05) is 132 Å². The molecule has 0 aliphatic carbocycles. The summed E-state index contributed by atoms with van der Waals surface area (Å²) in [4.78, 5) is 63.6. The SMILES string of the molecule is C1N2CN3CN1CN(C2)C3.C1N2CN3CN1CN(C2)C3.C1N2CN3CN1CN(C2)C3.O=P(O)(O)CCCCCCP(=O)(O)O. The fourth-order valence-corrected chi connectivity index (χ4v) is 8.96. The highest BCUT2D eigenvalue weighted by Crippen LogP contribution is 2.37. The summed E-state index contributed by atoms with van der Waals surface area (Å²) < 4.78 is 20.8. The number of nitrogens with zero attached hydrogens (tertiary/aromatic N) is 12. The first-order valence-corrected chi connectivity index (χ1v) is 19.3. The van der Waals surface area contributed by atoms with Gasteiger partial charge >= 0.3 is 15.2 Å². The van der Waals surface area contributed by atoms with Crippen LogP contribution >= 0.6 is 15.2 Å². The highest BCUT2D eigenvalue weighted by molar-refractivity contribution is 7.52. The standard InChI is InChI=1S/3C6H12N4.C6H16O6P2/c3*1-7-2-9-4-8(1)5-10(3-7)6-9;7-13(8,9)5-3-1-2-4-6-14(10,11)12/h3*1-6H2;1-6H2,(H2,7,8,9)(H2,10,11,12). The van der Waals surface area contributed by atoms with Gasteiger partial charge in [-0.2, -0.15) is 0 Å². The molecular formula is C24H52N12O6P2. The molecule has 12 bridgehead atoms. The van der Waals surface area contributed by atoms with Crippen molar-refractivity contribution in [1.82, 2.24) is 58.8 Å². The van der Waals surface area contributed by atoms with Crippen LogP contribution in [0.2, 0.25) is 0 Å². The van der Waals surface area contributed by atoms with E-state index in [9.17, 15) is 9.13 Å². The lowest BCUT2D eigenvalue weighted by Crippen LogP contribution is -2.71. The molecule has 20 heteroatoms. The minimum Gasteiger partial charge on any atom is -0.324 e. The molecule has 0 aromatic heterocycles. The van der Waals surface area contributed by atoms with Crippen molar-refractivity contribution in [3.63, 3.8) is 0 Å². The Hall–Kier alpha value is -0.180. The molecule has 4 N–H and O–H groups in total. The molecular weight excluding hydrogens is 614 g/mol. The van der Waals surface area contributed by atoms with Crippen molar-refractivity contribution in [2.45, 2.75) is 25.7 Å². The molecule has 254 valence electrons. The van der Waals surface area contributed by atoms with Gasteiger partial charge in [-0.3, -0.25) is 67.9 Å². The first-order valence-electron chi connectivity index (χ1n) is 15.7. The van der Waals surface area contributed by atoms with Crippen molar-refractivity contribution in [3.8, 4) is 0 Å². The van der Waals surface area contributed by atoms with E-state index in [2.05, 4.69) is 58.8 Å². The van der Waals surface area contributed by atoms with Crippen LogP contribution in [0.15, 0.2) is 0 Å². The minimum absolute atomic E-state index is 0.150. The maximum absolute atomic E-state index is 10.4. The summed E-state index contributed by atoms with van der Waals surface area (Å²) in [6.45, 7) is 21.4. The molecule has 0 radical (unpaired) electrons. The van der Waals surface area contributed by atoms with Crippen LogP contribution in [0.4, 0.5) is 0 Å². The van der Waals surface area contributed by atoms with Crippen LogP contribution in [0.1, 0.15) is 25.7 Å². The van der Waals surface area contributed by atoms with E-state index in [4.69, 9.17) is 19.6 Å². The average Bonchev–Trinajstić information content (AvgIpc) is 2.88. The lowest BCUT2D eigenvalue weighted by atomic mass is 10.2. The molecule has 0 unspecified atom stereocenters. The van der Waals surface area contributed by atoms with Crippen molar-refractivity contribution in [2.24, 2.45) is 0 Å². The average molecular weight is 667 g/mol. The third-order valence-electron chi connectivity index (χ3n) is 8.85. The molecule has 44 heavy (non-hydrogen) atoms. The lowest BCUT2D eigenvalue weighted by Gasteiger charge is -2.56. The third kappa shape index (κ3) is 10.2. The molecule has 0 saturated carbocycles. The Morgan fingerprint density at radius 2 is 0.432 bits per heavy atom. The molecule has 12 saturated heterocycles. The third-order valence-corrected chi connectivity index (χ3v) is 10.6. The second-order valence-corrected chi connectivity index (χ2v) is 17.3. The van der Waals surface area contributed by atoms with Crippen LogP contribution in [0, 0.1) is 0 Å². The van der Waals surface area contributed by atoms with E-state index >= 15 is 0 Å². The van der Waals surface area contributed by atoms with E-state index in [1.807, 2.05) is 0 Å².